The first-order valence-corrected chi connectivity index (χ1v) is 16.7. The van der Waals surface area contributed by atoms with Gasteiger partial charge in [0.25, 0.3) is 0 Å². The smallest absolute Gasteiger partial charge is 0.328 e. The number of fused-ring (bicyclic) bond motifs is 1. The highest BCUT2D eigenvalue weighted by Crippen LogP contribution is 2.53. The number of benzene rings is 5. The van der Waals surface area contributed by atoms with Gasteiger partial charge in [0.15, 0.2) is 0 Å². The number of halogens is 2. The van der Waals surface area contributed by atoms with Crippen LogP contribution in [0.3, 0.4) is 0 Å². The molecule has 1 unspecified atom stereocenters. The van der Waals surface area contributed by atoms with E-state index >= 15 is 4.39 Å². The van der Waals surface area contributed by atoms with Crippen LogP contribution in [0.5, 0.6) is 0 Å². The number of alkyl halides is 1. The van der Waals surface area contributed by atoms with E-state index in [0.717, 1.165) is 0 Å². The van der Waals surface area contributed by atoms with Gasteiger partial charge in [-0.05, 0) is 59.2 Å². The van der Waals surface area contributed by atoms with Crippen molar-refractivity contribution in [3.05, 3.63) is 156 Å². The topological polar surface area (TPSA) is 84.1 Å². The van der Waals surface area contributed by atoms with Gasteiger partial charge in [-0.15, -0.1) is 0 Å². The van der Waals surface area contributed by atoms with Crippen LogP contribution in [0.4, 0.5) is 4.39 Å². The molecule has 0 amide bonds. The lowest BCUT2D eigenvalue weighted by Gasteiger charge is -2.34. The quantitative estimate of drug-likeness (QED) is 0.184. The molecule has 6 aromatic rings. The molecular formula is C34H25ClFNO4S2. The number of rotatable bonds is 8. The average molecular weight is 630 g/mol. The van der Waals surface area contributed by atoms with Crippen LogP contribution in [0.25, 0.3) is 22.2 Å². The molecule has 0 saturated heterocycles. The molecule has 9 heteroatoms. The van der Waals surface area contributed by atoms with Crippen LogP contribution < -0.4 is 0 Å². The van der Waals surface area contributed by atoms with Gasteiger partial charge in [0.1, 0.15) is 0 Å². The summed E-state index contributed by atoms with van der Waals surface area (Å²) in [5, 5.41) is 0.806. The zero-order valence-electron chi connectivity index (χ0n) is 22.6. The summed E-state index contributed by atoms with van der Waals surface area (Å²) in [4.78, 5) is 2.39. The molecule has 216 valence electrons. The van der Waals surface area contributed by atoms with Gasteiger partial charge in [-0.3, -0.25) is 0 Å². The van der Waals surface area contributed by atoms with Crippen molar-refractivity contribution in [2.75, 3.05) is 0 Å². The minimum Gasteiger partial charge on any atom is -0.354 e. The molecule has 5 aromatic carbocycles. The third kappa shape index (κ3) is 4.76. The molecule has 1 atom stereocenters. The van der Waals surface area contributed by atoms with Crippen molar-refractivity contribution < 1.29 is 21.2 Å². The van der Waals surface area contributed by atoms with E-state index in [1.54, 1.807) is 60.7 Å². The molecule has 0 aliphatic rings. The molecule has 0 radical (unpaired) electrons. The molecule has 0 aliphatic heterocycles. The first-order valence-electron chi connectivity index (χ1n) is 13.4. The molecule has 5 nitrogen and oxygen atoms in total. The van der Waals surface area contributed by atoms with Gasteiger partial charge < -0.3 is 4.98 Å². The largest absolute Gasteiger partial charge is 0.354 e. The average Bonchev–Trinajstić information content (AvgIpc) is 3.42. The second kappa shape index (κ2) is 11.1. The maximum atomic E-state index is 18.7. The van der Waals surface area contributed by atoms with E-state index in [0.29, 0.717) is 27.2 Å². The van der Waals surface area contributed by atoms with Crippen molar-refractivity contribution in [3.63, 3.8) is 0 Å². The van der Waals surface area contributed by atoms with Crippen LogP contribution >= 0.6 is 11.6 Å². The predicted molar refractivity (Wildman–Crippen MR) is 168 cm³/mol. The maximum Gasteiger partial charge on any atom is 0.328 e. The molecule has 0 fully saturated rings. The van der Waals surface area contributed by atoms with Crippen LogP contribution in [-0.4, -0.2) is 26.2 Å². The van der Waals surface area contributed by atoms with Crippen molar-refractivity contribution in [2.24, 2.45) is 0 Å². The fourth-order valence-electron chi connectivity index (χ4n) is 5.46. The Balaban J connectivity index is 1.80. The Labute approximate surface area is 254 Å². The molecular weight excluding hydrogens is 605 g/mol. The predicted octanol–water partition coefficient (Wildman–Crippen LogP) is 8.19. The summed E-state index contributed by atoms with van der Waals surface area (Å²) in [6, 6.07) is 35.7. The van der Waals surface area contributed by atoms with Gasteiger partial charge in [-0.1, -0.05) is 109 Å². The number of sulfone groups is 2. The molecule has 0 saturated carbocycles. The van der Waals surface area contributed by atoms with Crippen LogP contribution in [0.2, 0.25) is 5.02 Å². The van der Waals surface area contributed by atoms with Crippen molar-refractivity contribution in [1.82, 2.24) is 4.98 Å². The molecule has 1 N–H and O–H groups in total. The summed E-state index contributed by atoms with van der Waals surface area (Å²) in [5.74, 6) is -1.86. The highest BCUT2D eigenvalue weighted by molar-refractivity contribution is 8.10. The van der Waals surface area contributed by atoms with Gasteiger partial charge >= 0.3 is 4.33 Å². The van der Waals surface area contributed by atoms with Crippen molar-refractivity contribution in [2.45, 2.75) is 20.0 Å². The monoisotopic (exact) mass is 629 g/mol. The Morgan fingerprint density at radius 1 is 0.605 bits per heavy atom. The molecule has 1 aromatic heterocycles. The summed E-state index contributed by atoms with van der Waals surface area (Å²) < 4.78 is 73.4. The Bertz CT molecular complexity index is 2050. The van der Waals surface area contributed by atoms with E-state index in [1.165, 1.54) is 72.8 Å². The second-order valence-corrected chi connectivity index (χ2v) is 14.9. The fourth-order valence-corrected chi connectivity index (χ4v) is 10.1. The van der Waals surface area contributed by atoms with Crippen LogP contribution in [0.1, 0.15) is 17.0 Å². The standard InChI is InChI=1S/C34H25ClFNO4S2/c35-26-22-20-24(21-23-26)32(31-29-18-10-11-19-30(29)37-33(31)25-12-4-1-5-13-25)34(36,42(38,39)27-14-6-2-7-15-27)43(40,41)28-16-8-3-9-17-28/h1-23,32,37H. The van der Waals surface area contributed by atoms with E-state index in [9.17, 15) is 16.8 Å². The Hall–Kier alpha value is -4.24. The number of nitrogens with one attached hydrogen (secondary N) is 1. The van der Waals surface area contributed by atoms with Crippen LogP contribution in [0.15, 0.2) is 149 Å². The summed E-state index contributed by atoms with van der Waals surface area (Å²) in [7, 11) is -10.5. The molecule has 43 heavy (non-hydrogen) atoms. The SMILES string of the molecule is O=S(=O)(c1ccccc1)C(F)(C(c1ccc(Cl)cc1)c1c(-c2ccccc2)[nH]c2ccccc12)S(=O)(=O)c1ccccc1. The Morgan fingerprint density at radius 2 is 1.07 bits per heavy atom. The summed E-state index contributed by atoms with van der Waals surface area (Å²) in [6.45, 7) is 0. The lowest BCUT2D eigenvalue weighted by atomic mass is 9.88. The third-order valence-electron chi connectivity index (χ3n) is 7.49. The van der Waals surface area contributed by atoms with Gasteiger partial charge in [0.2, 0.25) is 19.7 Å². The van der Waals surface area contributed by atoms with Crippen LogP contribution in [0, 0.1) is 0 Å². The lowest BCUT2D eigenvalue weighted by Crippen LogP contribution is -2.48. The Kier molecular flexibility index (Phi) is 7.46. The highest BCUT2D eigenvalue weighted by atomic mass is 35.5. The molecule has 1 heterocycles. The Morgan fingerprint density at radius 3 is 1.60 bits per heavy atom. The molecule has 0 aliphatic carbocycles. The zero-order chi connectivity index (χ0) is 30.2. The van der Waals surface area contributed by atoms with Gasteiger partial charge in [0.05, 0.1) is 21.4 Å². The zero-order valence-corrected chi connectivity index (χ0v) is 25.0. The minimum atomic E-state index is -5.26. The minimum absolute atomic E-state index is 0.118. The number of aromatic nitrogens is 1. The highest BCUT2D eigenvalue weighted by Gasteiger charge is 2.64. The number of para-hydroxylation sites is 1. The van der Waals surface area contributed by atoms with E-state index in [-0.39, 0.29) is 11.1 Å². The van der Waals surface area contributed by atoms with Crippen molar-refractivity contribution in [1.29, 1.82) is 0 Å². The number of hydrogen-bond acceptors (Lipinski definition) is 4. The van der Waals surface area contributed by atoms with Gasteiger partial charge in [-0.25, -0.2) is 21.2 Å². The van der Waals surface area contributed by atoms with E-state index < -0.39 is 39.7 Å². The molecule has 0 spiro atoms. The van der Waals surface area contributed by atoms with E-state index in [2.05, 4.69) is 4.98 Å². The number of hydrogen-bond donors (Lipinski definition) is 1. The molecule has 6 rings (SSSR count). The maximum absolute atomic E-state index is 18.7. The third-order valence-corrected chi connectivity index (χ3v) is 12.8. The summed E-state index contributed by atoms with van der Waals surface area (Å²) >= 11 is 6.21. The second-order valence-electron chi connectivity index (χ2n) is 10.0. The molecule has 0 bridgehead atoms. The lowest BCUT2D eigenvalue weighted by molar-refractivity contribution is 0.328. The number of H-pyrrole nitrogens is 1. The van der Waals surface area contributed by atoms with E-state index in [4.69, 9.17) is 11.6 Å². The normalized spacial score (nSPS) is 13.2. The van der Waals surface area contributed by atoms with Gasteiger partial charge in [0, 0.05) is 15.9 Å². The van der Waals surface area contributed by atoms with Gasteiger partial charge in [-0.2, -0.15) is 0 Å². The van der Waals surface area contributed by atoms with Crippen molar-refractivity contribution in [3.8, 4) is 11.3 Å². The number of aromatic amines is 1. The van der Waals surface area contributed by atoms with Crippen molar-refractivity contribution >= 4 is 42.2 Å². The fraction of sp³-hybridized carbons (Fsp3) is 0.0588. The first-order chi connectivity index (χ1) is 20.7. The summed E-state index contributed by atoms with van der Waals surface area (Å²) in [5.41, 5.74) is 1.92. The summed E-state index contributed by atoms with van der Waals surface area (Å²) in [6.07, 6.45) is 0. The van der Waals surface area contributed by atoms with Crippen LogP contribution in [-0.2, 0) is 19.7 Å². The van der Waals surface area contributed by atoms with E-state index in [1.807, 2.05) is 6.07 Å². The first kappa shape index (κ1) is 28.9.